The summed E-state index contributed by atoms with van der Waals surface area (Å²) in [4.78, 5) is 0. The predicted octanol–water partition coefficient (Wildman–Crippen LogP) is 3.28. The number of rotatable bonds is 4. The normalized spacial score (nSPS) is 13.2. The first-order chi connectivity index (χ1) is 5.45. The molecule has 0 aliphatic rings. The first kappa shape index (κ1) is 12.1. The second-order valence-corrected chi connectivity index (χ2v) is 5.15. The van der Waals surface area contributed by atoms with Crippen molar-refractivity contribution in [2.24, 2.45) is 0 Å². The van der Waals surface area contributed by atoms with Crippen LogP contribution in [0.5, 0.6) is 0 Å². The van der Waals surface area contributed by atoms with E-state index in [0.717, 1.165) is 5.57 Å². The molecule has 0 aromatic rings. The Labute approximate surface area is 81.1 Å². The highest BCUT2D eigenvalue weighted by atomic mass is 79.9. The Balaban J connectivity index is 4.70. The van der Waals surface area contributed by atoms with E-state index < -0.39 is 7.60 Å². The van der Waals surface area contributed by atoms with E-state index in [1.807, 2.05) is 0 Å². The molecule has 0 heterocycles. The average molecular weight is 255 g/mol. The van der Waals surface area contributed by atoms with E-state index in [9.17, 15) is 4.57 Å². The Morgan fingerprint density at radius 1 is 1.50 bits per heavy atom. The Bertz CT molecular complexity index is 239. The zero-order valence-electron chi connectivity index (χ0n) is 7.33. The molecule has 0 rings (SSSR count). The first-order valence-electron chi connectivity index (χ1n) is 3.20. The predicted molar refractivity (Wildman–Crippen MR) is 53.4 cm³/mol. The summed E-state index contributed by atoms with van der Waals surface area (Å²) in [7, 11) is -0.367. The summed E-state index contributed by atoms with van der Waals surface area (Å²) >= 11 is 3.16. The third-order valence-electron chi connectivity index (χ3n) is 1.29. The first-order valence-corrected chi connectivity index (χ1v) is 5.61. The molecule has 0 aliphatic heterocycles. The molecule has 5 heteroatoms. The smallest absolute Gasteiger partial charge is 0.309 e. The maximum absolute atomic E-state index is 11.5. The zero-order chi connectivity index (χ0) is 9.78. The van der Waals surface area contributed by atoms with Gasteiger partial charge in [-0.05, 0) is 12.5 Å². The fourth-order valence-corrected chi connectivity index (χ4v) is 1.77. The fourth-order valence-electron chi connectivity index (χ4n) is 0.487. The molecule has 0 aliphatic carbocycles. The number of halogens is 1. The molecule has 0 fully saturated rings. The van der Waals surface area contributed by atoms with Gasteiger partial charge < -0.3 is 9.05 Å². The Morgan fingerprint density at radius 3 is 2.17 bits per heavy atom. The second-order valence-electron chi connectivity index (χ2n) is 2.12. The van der Waals surface area contributed by atoms with Gasteiger partial charge in [0, 0.05) is 24.5 Å². The largest absolute Gasteiger partial charge is 0.353 e. The van der Waals surface area contributed by atoms with E-state index in [-0.39, 0.29) is 0 Å². The van der Waals surface area contributed by atoms with Crippen molar-refractivity contribution in [2.75, 3.05) is 14.2 Å². The molecule has 0 atom stereocenters. The van der Waals surface area contributed by atoms with Crippen molar-refractivity contribution in [3.63, 3.8) is 0 Å². The second kappa shape index (κ2) is 4.97. The van der Waals surface area contributed by atoms with Crippen molar-refractivity contribution in [3.05, 3.63) is 22.5 Å². The van der Waals surface area contributed by atoms with Crippen molar-refractivity contribution < 1.29 is 13.6 Å². The minimum Gasteiger partial charge on any atom is -0.309 e. The van der Waals surface area contributed by atoms with E-state index in [4.69, 9.17) is 9.05 Å². The molecule has 0 unspecified atom stereocenters. The van der Waals surface area contributed by atoms with Crippen LogP contribution in [0.3, 0.4) is 0 Å². The van der Waals surface area contributed by atoms with Crippen molar-refractivity contribution in [3.8, 4) is 0 Å². The maximum atomic E-state index is 11.5. The molecular formula is C7H12BrO3P. The molecule has 12 heavy (non-hydrogen) atoms. The van der Waals surface area contributed by atoms with Crippen LogP contribution < -0.4 is 0 Å². The number of hydrogen-bond donors (Lipinski definition) is 0. The Morgan fingerprint density at radius 2 is 1.92 bits per heavy atom. The van der Waals surface area contributed by atoms with Crippen LogP contribution in [0.1, 0.15) is 6.92 Å². The summed E-state index contributed by atoms with van der Waals surface area (Å²) in [6, 6.07) is 0. The van der Waals surface area contributed by atoms with Crippen LogP contribution in [-0.4, -0.2) is 14.2 Å². The van der Waals surface area contributed by atoms with Crippen LogP contribution >= 0.6 is 23.5 Å². The van der Waals surface area contributed by atoms with Gasteiger partial charge in [-0.15, -0.1) is 0 Å². The topological polar surface area (TPSA) is 35.5 Å². The van der Waals surface area contributed by atoms with Crippen molar-refractivity contribution in [1.29, 1.82) is 0 Å². The van der Waals surface area contributed by atoms with E-state index in [1.54, 1.807) is 6.92 Å². The van der Waals surface area contributed by atoms with Crippen LogP contribution in [0.25, 0.3) is 0 Å². The van der Waals surface area contributed by atoms with Gasteiger partial charge in [0.2, 0.25) is 0 Å². The molecule has 0 spiro atoms. The minimum atomic E-state index is -3.04. The van der Waals surface area contributed by atoms with Crippen molar-refractivity contribution in [1.82, 2.24) is 0 Å². The lowest BCUT2D eigenvalue weighted by Crippen LogP contribution is -1.85. The Hall–Kier alpha value is 0.110. The summed E-state index contributed by atoms with van der Waals surface area (Å²) < 4.78 is 21.6. The maximum Gasteiger partial charge on any atom is 0.353 e. The van der Waals surface area contributed by atoms with Gasteiger partial charge in [0.1, 0.15) is 0 Å². The van der Waals surface area contributed by atoms with Crippen molar-refractivity contribution >= 4 is 23.5 Å². The summed E-state index contributed by atoms with van der Waals surface area (Å²) in [5.74, 6) is 1.42. The van der Waals surface area contributed by atoms with E-state index in [0.29, 0.717) is 4.48 Å². The molecule has 0 N–H and O–H groups in total. The SMILES string of the molecule is C=C(Br)/C(C)=C/P(=O)(OC)OC. The number of hydrogen-bond acceptors (Lipinski definition) is 3. The lowest BCUT2D eigenvalue weighted by Gasteiger charge is -2.09. The average Bonchev–Trinajstić information content (AvgIpc) is 2.04. The van der Waals surface area contributed by atoms with Crippen LogP contribution in [0.4, 0.5) is 0 Å². The lowest BCUT2D eigenvalue weighted by atomic mass is 10.4. The molecule has 0 amide bonds. The fraction of sp³-hybridized carbons (Fsp3) is 0.429. The number of allylic oxidation sites excluding steroid dienone is 2. The molecule has 0 aromatic heterocycles. The third-order valence-corrected chi connectivity index (χ3v) is 3.64. The molecule has 0 bridgehead atoms. The van der Waals surface area contributed by atoms with Crippen LogP contribution in [0.2, 0.25) is 0 Å². The lowest BCUT2D eigenvalue weighted by molar-refractivity contribution is 0.286. The van der Waals surface area contributed by atoms with Gasteiger partial charge in [0.25, 0.3) is 0 Å². The summed E-state index contributed by atoms with van der Waals surface area (Å²) in [5.41, 5.74) is 0.738. The minimum absolute atomic E-state index is 0.664. The van der Waals surface area contributed by atoms with Crippen LogP contribution in [-0.2, 0) is 13.6 Å². The highest BCUT2D eigenvalue weighted by molar-refractivity contribution is 9.11. The molecule has 0 aromatic carbocycles. The Kier molecular flexibility index (Phi) is 5.02. The quantitative estimate of drug-likeness (QED) is 0.571. The van der Waals surface area contributed by atoms with Gasteiger partial charge in [-0.2, -0.15) is 0 Å². The van der Waals surface area contributed by atoms with E-state index >= 15 is 0 Å². The highest BCUT2D eigenvalue weighted by Gasteiger charge is 2.17. The van der Waals surface area contributed by atoms with Gasteiger partial charge in [0.05, 0.1) is 0 Å². The highest BCUT2D eigenvalue weighted by Crippen LogP contribution is 2.49. The van der Waals surface area contributed by atoms with E-state index in [1.165, 1.54) is 20.0 Å². The summed E-state index contributed by atoms with van der Waals surface area (Å²) in [6.07, 6.45) is 0. The standard InChI is InChI=1S/C7H12BrO3P/c1-6(7(2)8)5-12(9,10-3)11-4/h5H,2H2,1,3-4H3/b6-5+. The van der Waals surface area contributed by atoms with Crippen LogP contribution in [0.15, 0.2) is 22.5 Å². The molecule has 70 valence electrons. The third kappa shape index (κ3) is 3.68. The van der Waals surface area contributed by atoms with Gasteiger partial charge in [-0.3, -0.25) is 4.57 Å². The molecule has 0 radical (unpaired) electrons. The van der Waals surface area contributed by atoms with Gasteiger partial charge in [0.15, 0.2) is 0 Å². The molecule has 0 saturated carbocycles. The van der Waals surface area contributed by atoms with Gasteiger partial charge in [-0.25, -0.2) is 0 Å². The summed E-state index contributed by atoms with van der Waals surface area (Å²) in [6.45, 7) is 5.39. The van der Waals surface area contributed by atoms with Gasteiger partial charge >= 0.3 is 7.60 Å². The molecule has 0 saturated heterocycles. The molecular weight excluding hydrogens is 243 g/mol. The van der Waals surface area contributed by atoms with Gasteiger partial charge in [-0.1, -0.05) is 22.5 Å². The molecule has 3 nitrogen and oxygen atoms in total. The zero-order valence-corrected chi connectivity index (χ0v) is 9.81. The van der Waals surface area contributed by atoms with Crippen molar-refractivity contribution in [2.45, 2.75) is 6.92 Å². The summed E-state index contributed by atoms with van der Waals surface area (Å²) in [5, 5.41) is 0. The monoisotopic (exact) mass is 254 g/mol. The van der Waals surface area contributed by atoms with Crippen LogP contribution in [0, 0.1) is 0 Å². The van der Waals surface area contributed by atoms with E-state index in [2.05, 4.69) is 22.5 Å².